The van der Waals surface area contributed by atoms with Gasteiger partial charge in [-0.15, -0.1) is 0 Å². The molecule has 2 aliphatic heterocycles. The summed E-state index contributed by atoms with van der Waals surface area (Å²) >= 11 is 25.5. The van der Waals surface area contributed by atoms with Gasteiger partial charge in [0.1, 0.15) is 5.75 Å². The van der Waals surface area contributed by atoms with E-state index in [9.17, 15) is 22.8 Å². The molecule has 354 valence electrons. The summed E-state index contributed by atoms with van der Waals surface area (Å²) < 4.78 is 57.0. The molecule has 1 saturated carbocycles. The molecule has 0 aromatic heterocycles. The molecule has 4 aromatic rings. The van der Waals surface area contributed by atoms with E-state index in [-0.39, 0.29) is 57.0 Å². The second-order valence-electron chi connectivity index (χ2n) is 17.0. The highest BCUT2D eigenvalue weighted by atomic mass is 35.6. The van der Waals surface area contributed by atoms with Crippen LogP contribution in [-0.4, -0.2) is 95.8 Å². The second kappa shape index (κ2) is 20.8. The summed E-state index contributed by atoms with van der Waals surface area (Å²) in [6.45, 7) is 2.57. The number of halogens is 7. The van der Waals surface area contributed by atoms with E-state index in [1.54, 1.807) is 29.2 Å². The number of piperazine rings is 1. The number of piperidine rings is 1. The van der Waals surface area contributed by atoms with Crippen molar-refractivity contribution in [2.45, 2.75) is 92.5 Å². The maximum Gasteiger partial charge on any atom is 0.415 e. The molecule has 3 fully saturated rings. The lowest BCUT2D eigenvalue weighted by atomic mass is 9.70. The van der Waals surface area contributed by atoms with E-state index in [0.29, 0.717) is 29.5 Å². The minimum absolute atomic E-state index is 0.0284. The Bertz CT molecular complexity index is 2390. The van der Waals surface area contributed by atoms with Crippen LogP contribution < -0.4 is 9.47 Å². The normalized spacial score (nSPS) is 19.7. The van der Waals surface area contributed by atoms with Gasteiger partial charge in [0.25, 0.3) is 0 Å². The number of carbonyl (C=O) groups excluding carboxylic acids is 3. The fourth-order valence-corrected chi connectivity index (χ4v) is 8.73. The third kappa shape index (κ3) is 11.6. The molecule has 1 aliphatic carbocycles. The highest BCUT2D eigenvalue weighted by Gasteiger charge is 2.56. The van der Waals surface area contributed by atoms with Gasteiger partial charge in [-0.2, -0.15) is 4.39 Å². The summed E-state index contributed by atoms with van der Waals surface area (Å²) in [7, 11) is 0. The Morgan fingerprint density at radius 2 is 1.58 bits per heavy atom. The molecule has 4 aromatic carbocycles. The smallest absolute Gasteiger partial charge is 0.415 e. The molecule has 7 rings (SSSR count). The lowest BCUT2D eigenvalue weighted by Crippen LogP contribution is -2.70. The molecular weight excluding hydrogens is 951 g/mol. The van der Waals surface area contributed by atoms with Crippen LogP contribution in [0.3, 0.4) is 0 Å². The highest BCUT2D eigenvalue weighted by Crippen LogP contribution is 2.47. The Hall–Kier alpha value is -4.52. The number of amides is 3. The average Bonchev–Trinajstić information content (AvgIpc) is 4.11. The third-order valence-corrected chi connectivity index (χ3v) is 13.8. The molecule has 2 saturated heterocycles. The first-order chi connectivity index (χ1) is 31.3. The molecule has 2 heterocycles. The van der Waals surface area contributed by atoms with Gasteiger partial charge in [0, 0.05) is 30.7 Å². The van der Waals surface area contributed by atoms with Crippen molar-refractivity contribution >= 4 is 64.5 Å². The van der Waals surface area contributed by atoms with Crippen molar-refractivity contribution in [2.24, 2.45) is 5.92 Å². The minimum atomic E-state index is -2.04. The Morgan fingerprint density at radius 1 is 0.864 bits per heavy atom. The van der Waals surface area contributed by atoms with Crippen LogP contribution in [0.15, 0.2) is 84.9 Å². The first-order valence-corrected chi connectivity index (χ1v) is 22.7. The van der Waals surface area contributed by atoms with Crippen LogP contribution in [0.25, 0.3) is 0 Å². The number of likely N-dealkylation sites (tertiary alicyclic amines) is 1. The fraction of sp³-hybridized carbons (Fsp3) is 0.413. The lowest BCUT2D eigenvalue weighted by Gasteiger charge is -2.55. The molecule has 2 bridgehead atoms. The Labute approximate surface area is 399 Å². The summed E-state index contributed by atoms with van der Waals surface area (Å²) in [5, 5.41) is 18.1. The molecule has 0 radical (unpaired) electrons. The van der Waals surface area contributed by atoms with Crippen LogP contribution >= 0.6 is 46.4 Å². The first kappa shape index (κ1) is 49.4. The van der Waals surface area contributed by atoms with E-state index in [4.69, 9.17) is 75.9 Å². The number of rotatable bonds is 15. The van der Waals surface area contributed by atoms with Gasteiger partial charge in [-0.05, 0) is 104 Å². The SMILES string of the molecule is CC(C)(OC(=O)N1C2CC(c3ccc(CCCOc4c(F)ccc(F)c4F)cc3)C(C(=O)N(Cc3ccccc3Cl)C3CC3)C1CN(C(=O)Oc1cccc(CON(O)O)c1)C2)C(Cl)(Cl)Cl. The largest absolute Gasteiger partial charge is 0.488 e. The van der Waals surface area contributed by atoms with E-state index in [1.165, 1.54) is 35.8 Å². The molecule has 4 unspecified atom stereocenters. The predicted molar refractivity (Wildman–Crippen MR) is 237 cm³/mol. The molecule has 0 spiro atoms. The van der Waals surface area contributed by atoms with E-state index in [2.05, 4.69) is 0 Å². The monoisotopic (exact) mass is 996 g/mol. The topological polar surface area (TPSA) is 142 Å². The first-order valence-electron chi connectivity index (χ1n) is 21.1. The van der Waals surface area contributed by atoms with Crippen molar-refractivity contribution in [1.29, 1.82) is 0 Å². The third-order valence-electron chi connectivity index (χ3n) is 12.0. The van der Waals surface area contributed by atoms with Crippen LogP contribution in [0.4, 0.5) is 22.8 Å². The zero-order valence-corrected chi connectivity index (χ0v) is 38.8. The van der Waals surface area contributed by atoms with Gasteiger partial charge in [0.15, 0.2) is 23.0 Å². The van der Waals surface area contributed by atoms with Crippen molar-refractivity contribution < 1.29 is 57.0 Å². The van der Waals surface area contributed by atoms with Crippen molar-refractivity contribution in [2.75, 3.05) is 19.7 Å². The lowest BCUT2D eigenvalue weighted by molar-refractivity contribution is -0.497. The number of carbonyl (C=O) groups is 3. The molecular formula is C46H47Cl4F3N4O9. The Morgan fingerprint density at radius 3 is 2.26 bits per heavy atom. The van der Waals surface area contributed by atoms with Gasteiger partial charge < -0.3 is 24.0 Å². The van der Waals surface area contributed by atoms with Gasteiger partial charge in [-0.1, -0.05) is 101 Å². The van der Waals surface area contributed by atoms with E-state index in [0.717, 1.165) is 35.6 Å². The van der Waals surface area contributed by atoms with Gasteiger partial charge in [0.05, 0.1) is 36.6 Å². The molecule has 66 heavy (non-hydrogen) atoms. The van der Waals surface area contributed by atoms with Crippen LogP contribution in [-0.2, 0) is 33.9 Å². The summed E-state index contributed by atoms with van der Waals surface area (Å²) in [6.07, 6.45) is 0.860. The molecule has 3 aliphatic rings. The number of fused-ring (bicyclic) bond motifs is 2. The van der Waals surface area contributed by atoms with E-state index < -0.39 is 74.1 Å². The summed E-state index contributed by atoms with van der Waals surface area (Å²) in [5.74, 6) is -6.00. The van der Waals surface area contributed by atoms with E-state index >= 15 is 4.79 Å². The molecule has 13 nitrogen and oxygen atoms in total. The van der Waals surface area contributed by atoms with Crippen molar-refractivity contribution in [1.82, 2.24) is 20.1 Å². The zero-order chi connectivity index (χ0) is 47.5. The number of hydrogen-bond acceptors (Lipinski definition) is 10. The summed E-state index contributed by atoms with van der Waals surface area (Å²) in [6, 6.07) is 20.7. The van der Waals surface area contributed by atoms with Crippen molar-refractivity contribution in [3.05, 3.63) is 130 Å². The number of nitrogens with zero attached hydrogens (tertiary/aromatic N) is 4. The van der Waals surface area contributed by atoms with Gasteiger partial charge in [0.2, 0.25) is 15.5 Å². The zero-order valence-electron chi connectivity index (χ0n) is 35.7. The van der Waals surface area contributed by atoms with Crippen LogP contribution in [0, 0.1) is 23.4 Å². The quantitative estimate of drug-likeness (QED) is 0.0512. The highest BCUT2D eigenvalue weighted by molar-refractivity contribution is 6.68. The van der Waals surface area contributed by atoms with Crippen molar-refractivity contribution in [3.63, 3.8) is 0 Å². The van der Waals surface area contributed by atoms with Crippen molar-refractivity contribution in [3.8, 4) is 11.5 Å². The van der Waals surface area contributed by atoms with Crippen LogP contribution in [0.2, 0.25) is 5.02 Å². The average molecular weight is 999 g/mol. The second-order valence-corrected chi connectivity index (χ2v) is 19.7. The van der Waals surface area contributed by atoms with Gasteiger partial charge in [-0.3, -0.25) is 20.1 Å². The Kier molecular flexibility index (Phi) is 15.5. The standard InChI is InChI=1S/C46H47Cl4F3N4O9/c1-45(2,46(48,49)50)66-44(60)56-32-22-34(29-14-12-27(13-15-29)8-6-20-63-41-37(52)19-18-36(51)40(41)53)39(42(58)55(31-16-17-31)23-30-9-3-4-11-35(30)47)38(56)25-54(24-32)43(59)65-33-10-5-7-28(21-33)26-64-57(61)62/h3-5,7,9-15,18-19,21,31-32,34,38-39,61-62H,6,8,16-17,20,22-26H2,1-2H3. The fourth-order valence-electron chi connectivity index (χ4n) is 8.42. The molecule has 4 atom stereocenters. The maximum atomic E-state index is 15.5. The number of hydrogen-bond donors (Lipinski definition) is 2. The van der Waals surface area contributed by atoms with Gasteiger partial charge in [-0.25, -0.2) is 23.2 Å². The van der Waals surface area contributed by atoms with E-state index in [1.807, 2.05) is 36.4 Å². The molecule has 2 N–H and O–H groups in total. The summed E-state index contributed by atoms with van der Waals surface area (Å²) in [5.41, 5.74) is 1.20. The Balaban J connectivity index is 1.20. The predicted octanol–water partition coefficient (Wildman–Crippen LogP) is 10.4. The van der Waals surface area contributed by atoms with Crippen LogP contribution in [0.1, 0.15) is 67.7 Å². The molecule has 20 heteroatoms. The molecule has 3 amide bonds. The number of aryl methyl sites for hydroxylation is 1. The minimum Gasteiger partial charge on any atom is -0.488 e. The number of ether oxygens (including phenoxy) is 3. The maximum absolute atomic E-state index is 15.5. The number of benzene rings is 4. The van der Waals surface area contributed by atoms with Gasteiger partial charge >= 0.3 is 12.2 Å². The van der Waals surface area contributed by atoms with Crippen LogP contribution in [0.5, 0.6) is 11.5 Å². The number of alkyl halides is 3. The summed E-state index contributed by atoms with van der Waals surface area (Å²) in [4.78, 5) is 53.5.